The molecule has 0 aliphatic heterocycles. The second-order valence-electron chi connectivity index (χ2n) is 5.57. The van der Waals surface area contributed by atoms with Crippen molar-refractivity contribution in [2.45, 2.75) is 46.0 Å². The summed E-state index contributed by atoms with van der Waals surface area (Å²) in [6.45, 7) is 4.92. The summed E-state index contributed by atoms with van der Waals surface area (Å²) in [5.74, 6) is 4.00. The molecule has 1 aromatic carbocycles. The second-order valence-corrected chi connectivity index (χ2v) is 5.57. The summed E-state index contributed by atoms with van der Waals surface area (Å²) in [5, 5.41) is 3.01. The van der Waals surface area contributed by atoms with Crippen molar-refractivity contribution < 1.29 is 14.3 Å². The molecular formula is C20H29NO3. The molecular weight excluding hydrogens is 302 g/mol. The molecule has 1 saturated carbocycles. The molecule has 0 unspecified atom stereocenters. The number of amides is 1. The van der Waals surface area contributed by atoms with E-state index in [-0.39, 0.29) is 12.5 Å². The van der Waals surface area contributed by atoms with Crippen LogP contribution in [0.15, 0.2) is 18.2 Å². The van der Waals surface area contributed by atoms with Crippen LogP contribution in [-0.2, 0) is 0 Å². The average Bonchev–Trinajstić information content (AvgIpc) is 2.66. The lowest BCUT2D eigenvalue weighted by molar-refractivity contribution is 0.0943. The summed E-state index contributed by atoms with van der Waals surface area (Å²) < 4.78 is 10.6. The quantitative estimate of drug-likeness (QED) is 0.800. The predicted octanol–water partition coefficient (Wildman–Crippen LogP) is 4.04. The molecule has 1 aliphatic rings. The first-order valence-corrected chi connectivity index (χ1v) is 8.77. The van der Waals surface area contributed by atoms with Gasteiger partial charge in [-0.3, -0.25) is 4.79 Å². The van der Waals surface area contributed by atoms with Crippen LogP contribution in [0.25, 0.3) is 0 Å². The van der Waals surface area contributed by atoms with Gasteiger partial charge >= 0.3 is 0 Å². The number of nitrogens with one attached hydrogen (secondary N) is 1. The lowest BCUT2D eigenvalue weighted by Crippen LogP contribution is -2.30. The first-order chi connectivity index (χ1) is 11.7. The minimum atomic E-state index is -0.0765. The fourth-order valence-corrected chi connectivity index (χ4v) is 2.78. The van der Waals surface area contributed by atoms with Crippen molar-refractivity contribution in [3.63, 3.8) is 0 Å². The molecule has 4 heteroatoms. The molecule has 1 amide bonds. The van der Waals surface area contributed by atoms with Crippen molar-refractivity contribution in [3.05, 3.63) is 23.8 Å². The van der Waals surface area contributed by atoms with Gasteiger partial charge in [0.2, 0.25) is 0 Å². The molecule has 1 aliphatic carbocycles. The zero-order valence-corrected chi connectivity index (χ0v) is 15.1. The van der Waals surface area contributed by atoms with Gasteiger partial charge in [0.05, 0.1) is 7.11 Å². The van der Waals surface area contributed by atoms with Crippen LogP contribution in [-0.4, -0.2) is 26.2 Å². The summed E-state index contributed by atoms with van der Waals surface area (Å²) in [7, 11) is 1.54. The highest BCUT2D eigenvalue weighted by Gasteiger charge is 2.16. The predicted molar refractivity (Wildman–Crippen MR) is 97.6 cm³/mol. The maximum atomic E-state index is 12.2. The average molecular weight is 331 g/mol. The van der Waals surface area contributed by atoms with Crippen LogP contribution >= 0.6 is 0 Å². The summed E-state index contributed by atoms with van der Waals surface area (Å²) in [6.07, 6.45) is 11.5. The van der Waals surface area contributed by atoms with E-state index in [4.69, 9.17) is 15.9 Å². The first-order valence-electron chi connectivity index (χ1n) is 8.77. The number of ether oxygens (including phenoxy) is 2. The van der Waals surface area contributed by atoms with Gasteiger partial charge in [0, 0.05) is 12.1 Å². The molecule has 0 bridgehead atoms. The van der Waals surface area contributed by atoms with Crippen molar-refractivity contribution in [2.75, 3.05) is 20.3 Å². The van der Waals surface area contributed by atoms with Gasteiger partial charge in [-0.15, -0.1) is 6.42 Å². The highest BCUT2D eigenvalue weighted by Crippen LogP contribution is 2.28. The van der Waals surface area contributed by atoms with E-state index in [1.54, 1.807) is 25.3 Å². The maximum absolute atomic E-state index is 12.2. The minimum absolute atomic E-state index is 0.0765. The van der Waals surface area contributed by atoms with Gasteiger partial charge in [-0.2, -0.15) is 0 Å². The molecule has 24 heavy (non-hydrogen) atoms. The smallest absolute Gasteiger partial charge is 0.251 e. The summed E-state index contributed by atoms with van der Waals surface area (Å²) in [4.78, 5) is 12.2. The first kappa shape index (κ1) is 19.9. The minimum Gasteiger partial charge on any atom is -0.493 e. The summed E-state index contributed by atoms with van der Waals surface area (Å²) in [5.41, 5.74) is 0.570. The van der Waals surface area contributed by atoms with Crippen molar-refractivity contribution in [1.82, 2.24) is 5.32 Å². The fraction of sp³-hybridized carbons (Fsp3) is 0.550. The highest BCUT2D eigenvalue weighted by atomic mass is 16.5. The third kappa shape index (κ3) is 6.16. The topological polar surface area (TPSA) is 47.6 Å². The van der Waals surface area contributed by atoms with Crippen molar-refractivity contribution in [2.24, 2.45) is 5.92 Å². The Morgan fingerprint density at radius 2 is 1.96 bits per heavy atom. The van der Waals surface area contributed by atoms with Crippen LogP contribution in [0.4, 0.5) is 0 Å². The van der Waals surface area contributed by atoms with Crippen LogP contribution < -0.4 is 14.8 Å². The molecule has 2 rings (SSSR count). The highest BCUT2D eigenvalue weighted by molar-refractivity contribution is 5.94. The molecule has 0 radical (unpaired) electrons. The van der Waals surface area contributed by atoms with E-state index in [1.165, 1.54) is 32.1 Å². The Bertz CT molecular complexity index is 542. The molecule has 1 aromatic rings. The zero-order chi connectivity index (χ0) is 17.8. The number of methoxy groups -OCH3 is 1. The van der Waals surface area contributed by atoms with E-state index in [1.807, 2.05) is 13.8 Å². The molecule has 0 atom stereocenters. The van der Waals surface area contributed by atoms with Gasteiger partial charge in [-0.25, -0.2) is 0 Å². The molecule has 0 aromatic heterocycles. The fourth-order valence-electron chi connectivity index (χ4n) is 2.78. The van der Waals surface area contributed by atoms with Crippen molar-refractivity contribution >= 4 is 5.91 Å². The Morgan fingerprint density at radius 1 is 1.25 bits per heavy atom. The van der Waals surface area contributed by atoms with E-state index in [9.17, 15) is 4.79 Å². The number of carbonyl (C=O) groups is 1. The van der Waals surface area contributed by atoms with E-state index >= 15 is 0 Å². The Hall–Kier alpha value is -2.15. The van der Waals surface area contributed by atoms with Crippen LogP contribution in [0.2, 0.25) is 0 Å². The van der Waals surface area contributed by atoms with E-state index in [0.29, 0.717) is 23.0 Å². The Kier molecular flexibility index (Phi) is 9.45. The second kappa shape index (κ2) is 11.4. The number of benzene rings is 1. The third-order valence-corrected chi connectivity index (χ3v) is 4.01. The van der Waals surface area contributed by atoms with Gasteiger partial charge in [0.15, 0.2) is 11.5 Å². The summed E-state index contributed by atoms with van der Waals surface area (Å²) >= 11 is 0. The molecule has 0 saturated heterocycles. The number of rotatable bonds is 6. The molecule has 132 valence electrons. The lowest BCUT2D eigenvalue weighted by atomic mass is 9.89. The number of carbonyl (C=O) groups excluding carboxylic acids is 1. The van der Waals surface area contributed by atoms with Gasteiger partial charge in [0.1, 0.15) is 6.61 Å². The Labute approximate surface area is 145 Å². The van der Waals surface area contributed by atoms with Gasteiger partial charge in [0.25, 0.3) is 5.91 Å². The largest absolute Gasteiger partial charge is 0.493 e. The van der Waals surface area contributed by atoms with Crippen LogP contribution in [0.5, 0.6) is 11.5 Å². The van der Waals surface area contributed by atoms with Gasteiger partial charge in [-0.05, 0) is 37.0 Å². The Morgan fingerprint density at radius 3 is 2.58 bits per heavy atom. The van der Waals surface area contributed by atoms with Crippen LogP contribution in [0, 0.1) is 18.3 Å². The zero-order valence-electron chi connectivity index (χ0n) is 15.1. The Balaban J connectivity index is 0.00000139. The maximum Gasteiger partial charge on any atom is 0.251 e. The van der Waals surface area contributed by atoms with Crippen LogP contribution in [0.1, 0.15) is 56.3 Å². The molecule has 1 fully saturated rings. The molecule has 0 spiro atoms. The standard InChI is InChI=1S/C18H23NO3.C2H6/c1-3-11-22-16-10-9-15(12-17(16)21-2)18(20)19-13-14-7-5-4-6-8-14;1-2/h1,9-10,12,14H,4-8,11,13H2,2H3,(H,19,20);1-2H3. The van der Waals surface area contributed by atoms with E-state index in [2.05, 4.69) is 11.2 Å². The van der Waals surface area contributed by atoms with E-state index < -0.39 is 0 Å². The molecule has 4 nitrogen and oxygen atoms in total. The number of terminal acetylenes is 1. The molecule has 1 N–H and O–H groups in total. The lowest BCUT2D eigenvalue weighted by Gasteiger charge is -2.21. The number of hydrogen-bond donors (Lipinski definition) is 1. The number of hydrogen-bond acceptors (Lipinski definition) is 3. The van der Waals surface area contributed by atoms with E-state index in [0.717, 1.165) is 6.54 Å². The normalized spacial score (nSPS) is 13.9. The van der Waals surface area contributed by atoms with Gasteiger partial charge in [-0.1, -0.05) is 39.0 Å². The van der Waals surface area contributed by atoms with Crippen molar-refractivity contribution in [3.8, 4) is 23.8 Å². The molecule has 0 heterocycles. The SMILES string of the molecule is C#CCOc1ccc(C(=O)NCC2CCCCC2)cc1OC.CC. The van der Waals surface area contributed by atoms with Crippen molar-refractivity contribution in [1.29, 1.82) is 0 Å². The third-order valence-electron chi connectivity index (χ3n) is 4.01. The monoisotopic (exact) mass is 331 g/mol. The summed E-state index contributed by atoms with van der Waals surface area (Å²) in [6, 6.07) is 5.12. The van der Waals surface area contributed by atoms with Gasteiger partial charge < -0.3 is 14.8 Å². The van der Waals surface area contributed by atoms with Crippen LogP contribution in [0.3, 0.4) is 0 Å².